The normalized spacial score (nSPS) is 26.7. The Kier molecular flexibility index (Phi) is 7.80. The number of dihydropyridines is 1. The van der Waals surface area contributed by atoms with Gasteiger partial charge < -0.3 is 16.0 Å². The fourth-order valence-corrected chi connectivity index (χ4v) is 4.86. The monoisotopic (exact) mass is 488 g/mol. The maximum absolute atomic E-state index is 12.9. The number of benzene rings is 1. The van der Waals surface area contributed by atoms with Crippen LogP contribution in [-0.2, 0) is 11.3 Å². The summed E-state index contributed by atoms with van der Waals surface area (Å²) in [5.74, 6) is 0.777. The first-order valence-corrected chi connectivity index (χ1v) is 12.7. The van der Waals surface area contributed by atoms with E-state index in [9.17, 15) is 4.79 Å². The van der Waals surface area contributed by atoms with Gasteiger partial charge in [-0.15, -0.1) is 6.58 Å². The van der Waals surface area contributed by atoms with Crippen molar-refractivity contribution in [1.82, 2.24) is 30.9 Å². The summed E-state index contributed by atoms with van der Waals surface area (Å²) in [6.07, 6.45) is 10.9. The molecular weight excluding hydrogens is 452 g/mol. The van der Waals surface area contributed by atoms with Crippen molar-refractivity contribution in [1.29, 1.82) is 0 Å². The van der Waals surface area contributed by atoms with Gasteiger partial charge in [-0.25, -0.2) is 10.0 Å². The van der Waals surface area contributed by atoms with Gasteiger partial charge in [-0.1, -0.05) is 24.3 Å². The summed E-state index contributed by atoms with van der Waals surface area (Å²) in [5.41, 5.74) is 7.66. The Hall–Kier alpha value is -3.40. The largest absolute Gasteiger partial charge is 0.383 e. The standard InChI is InChI=1S/C27H36N8O/c1-2-3-11-35-19-24-8-7-22(17-29-24)25-9-10-28-27(31-25)30-23-6-4-5-21(16-23)18-33-12-14-34(15-13-33)20-26(36)32-35/h2,4-10,16,25,29H,1,3,11-15,17-20H2,(H,32,36)(H2,28,30,31). The van der Waals surface area contributed by atoms with E-state index < -0.39 is 0 Å². The minimum Gasteiger partial charge on any atom is -0.383 e. The number of carbonyl (C=O) groups excluding carboxylic acids is 1. The van der Waals surface area contributed by atoms with Gasteiger partial charge in [-0.2, -0.15) is 0 Å². The van der Waals surface area contributed by atoms with Crippen LogP contribution < -0.4 is 21.4 Å². The molecule has 1 saturated heterocycles. The summed E-state index contributed by atoms with van der Waals surface area (Å²) in [6, 6.07) is 8.47. The summed E-state index contributed by atoms with van der Waals surface area (Å²) >= 11 is 0. The van der Waals surface area contributed by atoms with Gasteiger partial charge in [-0.05, 0) is 41.8 Å². The average molecular weight is 489 g/mol. The van der Waals surface area contributed by atoms with Gasteiger partial charge >= 0.3 is 0 Å². The first-order chi connectivity index (χ1) is 17.6. The van der Waals surface area contributed by atoms with Crippen LogP contribution in [0.15, 0.2) is 77.6 Å². The van der Waals surface area contributed by atoms with Crippen LogP contribution in [0.4, 0.5) is 5.69 Å². The third-order valence-corrected chi connectivity index (χ3v) is 6.84. The van der Waals surface area contributed by atoms with E-state index in [1.54, 1.807) is 0 Å². The number of anilines is 1. The maximum Gasteiger partial charge on any atom is 0.248 e. The van der Waals surface area contributed by atoms with Crippen LogP contribution in [0.2, 0.25) is 0 Å². The van der Waals surface area contributed by atoms with Crippen molar-refractivity contribution >= 4 is 17.6 Å². The van der Waals surface area contributed by atoms with Crippen molar-refractivity contribution in [2.24, 2.45) is 4.99 Å². The van der Waals surface area contributed by atoms with Crippen LogP contribution in [0.1, 0.15) is 12.0 Å². The molecule has 8 rings (SSSR count). The van der Waals surface area contributed by atoms with Gasteiger partial charge in [0.1, 0.15) is 0 Å². The number of hydrazine groups is 1. The fourth-order valence-electron chi connectivity index (χ4n) is 4.86. The zero-order chi connectivity index (χ0) is 24.7. The highest BCUT2D eigenvalue weighted by atomic mass is 16.2. The van der Waals surface area contributed by atoms with Gasteiger partial charge in [0, 0.05) is 63.4 Å². The lowest BCUT2D eigenvalue weighted by atomic mass is 10.0. The van der Waals surface area contributed by atoms with E-state index in [0.717, 1.165) is 56.5 Å². The lowest BCUT2D eigenvalue weighted by Gasteiger charge is -2.35. The van der Waals surface area contributed by atoms with E-state index in [1.165, 1.54) is 11.1 Å². The number of nitrogens with one attached hydrogen (secondary N) is 4. The third kappa shape index (κ3) is 6.42. The van der Waals surface area contributed by atoms with Gasteiger partial charge in [-0.3, -0.25) is 20.0 Å². The SMILES string of the molecule is C=CCCN1CC2=CC=C(CN2)C2C=CNC(=N2)Nc2cccc(c2)CN2CCN(CC2)CC(=O)N1. The molecule has 1 amide bonds. The van der Waals surface area contributed by atoms with Crippen LogP contribution >= 0.6 is 0 Å². The van der Waals surface area contributed by atoms with Crippen molar-refractivity contribution < 1.29 is 4.79 Å². The number of hydrogen-bond donors (Lipinski definition) is 4. The predicted molar refractivity (Wildman–Crippen MR) is 144 cm³/mol. The molecule has 0 saturated carbocycles. The molecule has 1 aromatic rings. The lowest BCUT2D eigenvalue weighted by Crippen LogP contribution is -2.52. The van der Waals surface area contributed by atoms with E-state index in [4.69, 9.17) is 4.99 Å². The van der Waals surface area contributed by atoms with Gasteiger partial charge in [0.05, 0.1) is 19.1 Å². The molecule has 1 atom stereocenters. The molecule has 36 heavy (non-hydrogen) atoms. The van der Waals surface area contributed by atoms with E-state index in [-0.39, 0.29) is 11.9 Å². The number of piperazine rings is 1. The van der Waals surface area contributed by atoms with Crippen LogP contribution in [0, 0.1) is 0 Å². The summed E-state index contributed by atoms with van der Waals surface area (Å²) in [4.78, 5) is 22.5. The molecule has 0 radical (unpaired) electrons. The Morgan fingerprint density at radius 1 is 1.08 bits per heavy atom. The van der Waals surface area contributed by atoms with Gasteiger partial charge in [0.15, 0.2) is 0 Å². The minimum atomic E-state index is -0.0384. The molecule has 7 aliphatic heterocycles. The molecule has 1 fully saturated rings. The van der Waals surface area contributed by atoms with Crippen molar-refractivity contribution in [3.8, 4) is 0 Å². The highest BCUT2D eigenvalue weighted by Crippen LogP contribution is 2.18. The van der Waals surface area contributed by atoms with E-state index in [0.29, 0.717) is 26.2 Å². The zero-order valence-corrected chi connectivity index (χ0v) is 20.7. The number of rotatable bonds is 3. The molecule has 7 aliphatic rings. The first kappa shape index (κ1) is 24.3. The molecule has 7 heterocycles. The van der Waals surface area contributed by atoms with E-state index >= 15 is 0 Å². The number of allylic oxidation sites excluding steroid dienone is 2. The van der Waals surface area contributed by atoms with Crippen molar-refractivity contribution in [3.05, 3.63) is 78.2 Å². The van der Waals surface area contributed by atoms with Gasteiger partial charge in [0.2, 0.25) is 11.9 Å². The topological polar surface area (TPSA) is 87.3 Å². The molecule has 1 unspecified atom stereocenters. The van der Waals surface area contributed by atoms with Gasteiger partial charge in [0.25, 0.3) is 0 Å². The highest BCUT2D eigenvalue weighted by molar-refractivity contribution is 5.95. The molecule has 4 N–H and O–H groups in total. The second-order valence-corrected chi connectivity index (χ2v) is 9.62. The average Bonchev–Trinajstić information content (AvgIpc) is 2.89. The Labute approximate surface area is 213 Å². The Bertz CT molecular complexity index is 1080. The molecule has 190 valence electrons. The van der Waals surface area contributed by atoms with Crippen molar-refractivity contribution in [3.63, 3.8) is 0 Å². The zero-order valence-electron chi connectivity index (χ0n) is 20.7. The smallest absolute Gasteiger partial charge is 0.248 e. The molecule has 0 aromatic heterocycles. The Balaban J connectivity index is 1.38. The molecule has 9 nitrogen and oxygen atoms in total. The third-order valence-electron chi connectivity index (χ3n) is 6.84. The maximum atomic E-state index is 12.9. The number of carbonyl (C=O) groups is 1. The van der Waals surface area contributed by atoms with E-state index in [1.807, 2.05) is 17.3 Å². The Morgan fingerprint density at radius 2 is 1.92 bits per heavy atom. The van der Waals surface area contributed by atoms with E-state index in [2.05, 4.69) is 80.2 Å². The van der Waals surface area contributed by atoms with Crippen LogP contribution in [0.25, 0.3) is 0 Å². The minimum absolute atomic E-state index is 0.0338. The molecule has 0 spiro atoms. The predicted octanol–water partition coefficient (Wildman–Crippen LogP) is 1.39. The number of amides is 1. The molecule has 1 aromatic carbocycles. The number of nitrogens with zero attached hydrogens (tertiary/aromatic N) is 4. The number of guanidine groups is 1. The molecule has 0 aliphatic carbocycles. The number of hydrogen-bond acceptors (Lipinski definition) is 8. The van der Waals surface area contributed by atoms with Crippen molar-refractivity contribution in [2.75, 3.05) is 57.7 Å². The second kappa shape index (κ2) is 11.6. The van der Waals surface area contributed by atoms with Crippen LogP contribution in [0.3, 0.4) is 0 Å². The summed E-state index contributed by atoms with van der Waals surface area (Å²) < 4.78 is 0. The molecular formula is C27H36N8O. The molecule has 8 bridgehead atoms. The highest BCUT2D eigenvalue weighted by Gasteiger charge is 2.22. The van der Waals surface area contributed by atoms with Crippen LogP contribution in [-0.4, -0.2) is 85.1 Å². The van der Waals surface area contributed by atoms with Crippen LogP contribution in [0.5, 0.6) is 0 Å². The summed E-state index contributed by atoms with van der Waals surface area (Å²) in [7, 11) is 0. The fraction of sp³-hybridized carbons (Fsp3) is 0.407. The number of aliphatic imine (C=N–C) groups is 1. The summed E-state index contributed by atoms with van der Waals surface area (Å²) in [6.45, 7) is 10.8. The van der Waals surface area contributed by atoms with Crippen molar-refractivity contribution in [2.45, 2.75) is 19.0 Å². The molecule has 9 heteroatoms. The Morgan fingerprint density at radius 3 is 2.69 bits per heavy atom. The second-order valence-electron chi connectivity index (χ2n) is 9.62. The quantitative estimate of drug-likeness (QED) is 0.479. The summed E-state index contributed by atoms with van der Waals surface area (Å²) in [5, 5.41) is 12.2. The first-order valence-electron chi connectivity index (χ1n) is 12.7. The lowest BCUT2D eigenvalue weighted by molar-refractivity contribution is -0.127.